The summed E-state index contributed by atoms with van der Waals surface area (Å²) in [6.07, 6.45) is 57.0. The molecule has 0 saturated heterocycles. The first-order valence-corrected chi connectivity index (χ1v) is 28.0. The Labute approximate surface area is 387 Å². The molecule has 0 bridgehead atoms. The Kier molecular flexibility index (Phi) is 50.7. The van der Waals surface area contributed by atoms with Crippen LogP contribution in [-0.2, 0) is 28.6 Å². The summed E-state index contributed by atoms with van der Waals surface area (Å²) in [6, 6.07) is 0. The van der Waals surface area contributed by atoms with Gasteiger partial charge in [-0.15, -0.1) is 0 Å². The molecular formula is C56H108O6. The van der Waals surface area contributed by atoms with Crippen molar-refractivity contribution in [2.24, 2.45) is 0 Å². The van der Waals surface area contributed by atoms with Crippen LogP contribution in [0.5, 0.6) is 0 Å². The molecule has 0 aromatic rings. The van der Waals surface area contributed by atoms with Crippen molar-refractivity contribution >= 4 is 17.9 Å². The highest BCUT2D eigenvalue weighted by atomic mass is 16.6. The third-order valence-electron chi connectivity index (χ3n) is 12.9. The molecule has 0 fully saturated rings. The highest BCUT2D eigenvalue weighted by Crippen LogP contribution is 2.18. The van der Waals surface area contributed by atoms with Crippen LogP contribution in [0, 0.1) is 0 Å². The molecular weight excluding hydrogens is 769 g/mol. The van der Waals surface area contributed by atoms with E-state index in [0.717, 1.165) is 57.8 Å². The van der Waals surface area contributed by atoms with Crippen molar-refractivity contribution in [3.05, 3.63) is 0 Å². The standard InChI is InChI=1S/C56H108O6/c1-4-7-10-13-16-19-21-22-23-24-25-26-27-28-29-30-31-32-33-34-35-36-38-40-43-46-49-55(58)61-52-53(51-60-54(57)48-45-42-39-18-15-12-9-6-3)62-56(59)50-47-44-41-37-20-17-14-11-8-5-2/h53H,4-52H2,1-3H3. The van der Waals surface area contributed by atoms with Crippen molar-refractivity contribution in [3.8, 4) is 0 Å². The zero-order valence-electron chi connectivity index (χ0n) is 42.2. The molecule has 368 valence electrons. The van der Waals surface area contributed by atoms with Crippen LogP contribution in [0.15, 0.2) is 0 Å². The molecule has 0 spiro atoms. The molecule has 0 N–H and O–H groups in total. The highest BCUT2D eigenvalue weighted by molar-refractivity contribution is 5.71. The molecule has 0 rings (SSSR count). The Morgan fingerprint density at radius 2 is 0.435 bits per heavy atom. The summed E-state index contributed by atoms with van der Waals surface area (Å²) in [7, 11) is 0. The third-order valence-corrected chi connectivity index (χ3v) is 12.9. The topological polar surface area (TPSA) is 78.9 Å². The maximum absolute atomic E-state index is 12.7. The lowest BCUT2D eigenvalue weighted by Gasteiger charge is -2.18. The first-order valence-electron chi connectivity index (χ1n) is 28.0. The van der Waals surface area contributed by atoms with Crippen LogP contribution in [-0.4, -0.2) is 37.2 Å². The van der Waals surface area contributed by atoms with E-state index in [0.29, 0.717) is 19.3 Å². The SMILES string of the molecule is CCCCCCCCCCCCCCCCCCCCCCCCCCCCC(=O)OCC(COC(=O)CCCCCCCCCC)OC(=O)CCCCCCCCCCCC. The quantitative estimate of drug-likeness (QED) is 0.0344. The average molecular weight is 877 g/mol. The number of hydrogen-bond donors (Lipinski definition) is 0. The lowest BCUT2D eigenvalue weighted by molar-refractivity contribution is -0.167. The zero-order chi connectivity index (χ0) is 45.1. The minimum atomic E-state index is -0.758. The third kappa shape index (κ3) is 49.4. The molecule has 0 aliphatic heterocycles. The Hall–Kier alpha value is -1.59. The van der Waals surface area contributed by atoms with E-state index in [2.05, 4.69) is 20.8 Å². The molecule has 1 unspecified atom stereocenters. The van der Waals surface area contributed by atoms with Crippen LogP contribution in [0.1, 0.15) is 323 Å². The van der Waals surface area contributed by atoms with Crippen LogP contribution in [0.25, 0.3) is 0 Å². The Balaban J connectivity index is 3.99. The van der Waals surface area contributed by atoms with E-state index in [-0.39, 0.29) is 31.1 Å². The zero-order valence-corrected chi connectivity index (χ0v) is 42.2. The van der Waals surface area contributed by atoms with E-state index in [9.17, 15) is 14.4 Å². The van der Waals surface area contributed by atoms with Gasteiger partial charge in [0.25, 0.3) is 0 Å². The molecule has 6 heteroatoms. The van der Waals surface area contributed by atoms with E-state index in [1.807, 2.05) is 0 Å². The summed E-state index contributed by atoms with van der Waals surface area (Å²) >= 11 is 0. The fourth-order valence-corrected chi connectivity index (χ4v) is 8.62. The number of unbranched alkanes of at least 4 members (excludes halogenated alkanes) is 41. The summed E-state index contributed by atoms with van der Waals surface area (Å²) in [5.41, 5.74) is 0. The number of ether oxygens (including phenoxy) is 3. The van der Waals surface area contributed by atoms with E-state index in [1.165, 1.54) is 225 Å². The van der Waals surface area contributed by atoms with Crippen molar-refractivity contribution in [3.63, 3.8) is 0 Å². The van der Waals surface area contributed by atoms with E-state index in [1.54, 1.807) is 0 Å². The lowest BCUT2D eigenvalue weighted by Crippen LogP contribution is -2.30. The van der Waals surface area contributed by atoms with Gasteiger partial charge < -0.3 is 14.2 Å². The predicted octanol–water partition coefficient (Wildman–Crippen LogP) is 18.4. The second-order valence-corrected chi connectivity index (χ2v) is 19.2. The minimum Gasteiger partial charge on any atom is -0.462 e. The van der Waals surface area contributed by atoms with Gasteiger partial charge in [-0.1, -0.05) is 284 Å². The number of rotatable bonds is 52. The second kappa shape index (κ2) is 52.0. The molecule has 0 radical (unpaired) electrons. The minimum absolute atomic E-state index is 0.0624. The van der Waals surface area contributed by atoms with E-state index < -0.39 is 6.10 Å². The number of carbonyl (C=O) groups is 3. The van der Waals surface area contributed by atoms with Crippen molar-refractivity contribution in [2.75, 3.05) is 13.2 Å². The second-order valence-electron chi connectivity index (χ2n) is 19.2. The molecule has 0 aliphatic carbocycles. The van der Waals surface area contributed by atoms with Crippen molar-refractivity contribution in [2.45, 2.75) is 329 Å². The fraction of sp³-hybridized carbons (Fsp3) is 0.946. The van der Waals surface area contributed by atoms with Crippen LogP contribution < -0.4 is 0 Å². The first kappa shape index (κ1) is 60.4. The molecule has 0 aromatic heterocycles. The van der Waals surface area contributed by atoms with Gasteiger partial charge in [0, 0.05) is 19.3 Å². The Bertz CT molecular complexity index is 920. The van der Waals surface area contributed by atoms with Gasteiger partial charge in [0.15, 0.2) is 6.10 Å². The van der Waals surface area contributed by atoms with Crippen molar-refractivity contribution in [1.82, 2.24) is 0 Å². The van der Waals surface area contributed by atoms with Gasteiger partial charge in [0.05, 0.1) is 0 Å². The van der Waals surface area contributed by atoms with Crippen molar-refractivity contribution in [1.29, 1.82) is 0 Å². The lowest BCUT2D eigenvalue weighted by atomic mass is 10.0. The molecule has 0 aromatic carbocycles. The summed E-state index contributed by atoms with van der Waals surface area (Å²) in [6.45, 7) is 6.65. The van der Waals surface area contributed by atoms with Gasteiger partial charge in [-0.25, -0.2) is 0 Å². The molecule has 0 aliphatic rings. The average Bonchev–Trinajstić information content (AvgIpc) is 3.27. The maximum Gasteiger partial charge on any atom is 0.306 e. The predicted molar refractivity (Wildman–Crippen MR) is 266 cm³/mol. The van der Waals surface area contributed by atoms with Gasteiger partial charge in [0.2, 0.25) is 0 Å². The number of hydrogen-bond acceptors (Lipinski definition) is 6. The Morgan fingerprint density at radius 1 is 0.258 bits per heavy atom. The fourth-order valence-electron chi connectivity index (χ4n) is 8.62. The van der Waals surface area contributed by atoms with E-state index >= 15 is 0 Å². The molecule has 62 heavy (non-hydrogen) atoms. The maximum atomic E-state index is 12.7. The van der Waals surface area contributed by atoms with Gasteiger partial charge in [0.1, 0.15) is 13.2 Å². The van der Waals surface area contributed by atoms with Crippen LogP contribution in [0.3, 0.4) is 0 Å². The van der Waals surface area contributed by atoms with Crippen LogP contribution >= 0.6 is 0 Å². The van der Waals surface area contributed by atoms with Crippen molar-refractivity contribution < 1.29 is 28.6 Å². The summed E-state index contributed by atoms with van der Waals surface area (Å²) in [5.74, 6) is -0.848. The number of esters is 3. The van der Waals surface area contributed by atoms with Gasteiger partial charge in [-0.2, -0.15) is 0 Å². The van der Waals surface area contributed by atoms with Crippen LogP contribution in [0.2, 0.25) is 0 Å². The normalized spacial score (nSPS) is 11.9. The first-order chi connectivity index (χ1) is 30.5. The molecule has 6 nitrogen and oxygen atoms in total. The van der Waals surface area contributed by atoms with E-state index in [4.69, 9.17) is 14.2 Å². The van der Waals surface area contributed by atoms with Crippen LogP contribution in [0.4, 0.5) is 0 Å². The molecule has 0 saturated carbocycles. The largest absolute Gasteiger partial charge is 0.462 e. The summed E-state index contributed by atoms with van der Waals surface area (Å²) in [5, 5.41) is 0. The summed E-state index contributed by atoms with van der Waals surface area (Å²) in [4.78, 5) is 37.8. The Morgan fingerprint density at radius 3 is 0.645 bits per heavy atom. The molecule has 0 heterocycles. The highest BCUT2D eigenvalue weighted by Gasteiger charge is 2.19. The number of carbonyl (C=O) groups excluding carboxylic acids is 3. The monoisotopic (exact) mass is 877 g/mol. The molecule has 0 amide bonds. The molecule has 1 atom stereocenters. The van der Waals surface area contributed by atoms with Gasteiger partial charge >= 0.3 is 17.9 Å². The smallest absolute Gasteiger partial charge is 0.306 e. The van der Waals surface area contributed by atoms with Gasteiger partial charge in [-0.3, -0.25) is 14.4 Å². The van der Waals surface area contributed by atoms with Gasteiger partial charge in [-0.05, 0) is 19.3 Å². The summed E-state index contributed by atoms with van der Waals surface area (Å²) < 4.78 is 16.7.